The van der Waals surface area contributed by atoms with Crippen molar-refractivity contribution < 1.29 is 34.4 Å². The third kappa shape index (κ3) is 6.33. The van der Waals surface area contributed by atoms with E-state index in [0.29, 0.717) is 0 Å². The second-order valence-electron chi connectivity index (χ2n) is 1.70. The topological polar surface area (TPSA) is 110 Å². The van der Waals surface area contributed by atoms with Crippen LogP contribution in [0, 0.1) is 0 Å². The van der Waals surface area contributed by atoms with Crippen LogP contribution in [0.2, 0.25) is 0 Å². The van der Waals surface area contributed by atoms with E-state index < -0.39 is 30.9 Å². The lowest BCUT2D eigenvalue weighted by molar-refractivity contribution is -0.240. The summed E-state index contributed by atoms with van der Waals surface area (Å²) in [6.45, 7) is 0. The molecular formula is C5H6O7. The predicted molar refractivity (Wildman–Crippen MR) is 32.1 cm³/mol. The van der Waals surface area contributed by atoms with Crippen LogP contribution in [0.25, 0.3) is 0 Å². The van der Waals surface area contributed by atoms with E-state index in [0.717, 1.165) is 0 Å². The molecule has 2 N–H and O–H groups in total. The molecule has 12 heavy (non-hydrogen) atoms. The first-order valence-electron chi connectivity index (χ1n) is 2.84. The van der Waals surface area contributed by atoms with Gasteiger partial charge >= 0.3 is 18.1 Å². The molecule has 0 amide bonds. The fourth-order valence-corrected chi connectivity index (χ4v) is 0.333. The van der Waals surface area contributed by atoms with E-state index in [9.17, 15) is 14.4 Å². The monoisotopic (exact) mass is 178 g/mol. The van der Waals surface area contributed by atoms with Gasteiger partial charge in [-0.2, -0.15) is 0 Å². The molecule has 0 aliphatic heterocycles. The zero-order chi connectivity index (χ0) is 9.56. The van der Waals surface area contributed by atoms with Crippen molar-refractivity contribution in [2.24, 2.45) is 0 Å². The second-order valence-corrected chi connectivity index (χ2v) is 1.70. The molecule has 0 heterocycles. The van der Waals surface area contributed by atoms with Gasteiger partial charge in [-0.05, 0) is 0 Å². The summed E-state index contributed by atoms with van der Waals surface area (Å²) in [7, 11) is 0. The van der Waals surface area contributed by atoms with Crippen molar-refractivity contribution in [3.8, 4) is 0 Å². The molecular weight excluding hydrogens is 172 g/mol. The van der Waals surface area contributed by atoms with E-state index in [1.807, 2.05) is 0 Å². The summed E-state index contributed by atoms with van der Waals surface area (Å²) >= 11 is 0. The Bertz CT molecular complexity index is 176. The average Bonchev–Trinajstić information content (AvgIpc) is 1.96. The maximum atomic E-state index is 10.4. The number of carboxylic acids is 1. The lowest BCUT2D eigenvalue weighted by Crippen LogP contribution is -2.10. The first kappa shape index (κ1) is 10.2. The van der Waals surface area contributed by atoms with Gasteiger partial charge in [-0.15, -0.1) is 0 Å². The first-order chi connectivity index (χ1) is 5.52. The lowest BCUT2D eigenvalue weighted by Gasteiger charge is -1.96. The average molecular weight is 178 g/mol. The Morgan fingerprint density at radius 1 is 1.00 bits per heavy atom. The van der Waals surface area contributed by atoms with Crippen LogP contribution >= 0.6 is 0 Å². The molecule has 7 nitrogen and oxygen atoms in total. The van der Waals surface area contributed by atoms with Crippen LogP contribution in [-0.2, 0) is 19.4 Å². The molecule has 0 unspecified atom stereocenters. The highest BCUT2D eigenvalue weighted by Gasteiger charge is 2.09. The zero-order valence-electron chi connectivity index (χ0n) is 5.85. The van der Waals surface area contributed by atoms with Crippen LogP contribution in [-0.4, -0.2) is 28.3 Å². The lowest BCUT2D eigenvalue weighted by atomic mass is 10.3. The molecule has 0 aliphatic rings. The van der Waals surface area contributed by atoms with Gasteiger partial charge in [0.15, 0.2) is 0 Å². The van der Waals surface area contributed by atoms with Crippen LogP contribution in [0.15, 0.2) is 0 Å². The Hall–Kier alpha value is -1.79. The summed E-state index contributed by atoms with van der Waals surface area (Å²) in [6.07, 6.45) is -2.62. The summed E-state index contributed by atoms with van der Waals surface area (Å²) < 4.78 is 0. The molecule has 0 atom stereocenters. The van der Waals surface area contributed by atoms with Crippen molar-refractivity contribution in [3.63, 3.8) is 0 Å². The number of carboxylic acid groups (broad SMARTS) is 2. The van der Waals surface area contributed by atoms with E-state index in [1.165, 1.54) is 0 Å². The summed E-state index contributed by atoms with van der Waals surface area (Å²) in [6, 6.07) is 0. The highest BCUT2D eigenvalue weighted by atomic mass is 17.2. The van der Waals surface area contributed by atoms with Gasteiger partial charge in [-0.25, -0.2) is 19.4 Å². The molecule has 68 valence electrons. The van der Waals surface area contributed by atoms with Crippen LogP contribution in [0.4, 0.5) is 4.79 Å². The van der Waals surface area contributed by atoms with E-state index in [2.05, 4.69) is 9.78 Å². The first-order valence-corrected chi connectivity index (χ1v) is 2.84. The van der Waals surface area contributed by atoms with Crippen molar-refractivity contribution >= 4 is 18.1 Å². The van der Waals surface area contributed by atoms with Gasteiger partial charge < -0.3 is 10.2 Å². The van der Waals surface area contributed by atoms with Gasteiger partial charge in [0, 0.05) is 0 Å². The van der Waals surface area contributed by atoms with Gasteiger partial charge in [0.25, 0.3) is 0 Å². The summed E-state index contributed by atoms with van der Waals surface area (Å²) in [5.41, 5.74) is 0. The third-order valence-electron chi connectivity index (χ3n) is 0.749. The number of aliphatic carboxylic acids is 1. The number of hydrogen-bond acceptors (Lipinski definition) is 5. The normalized spacial score (nSPS) is 8.67. The maximum Gasteiger partial charge on any atom is 0.547 e. The van der Waals surface area contributed by atoms with Crippen LogP contribution in [0.3, 0.4) is 0 Å². The highest BCUT2D eigenvalue weighted by molar-refractivity contribution is 5.76. The molecule has 0 saturated carbocycles. The quantitative estimate of drug-likeness (QED) is 0.462. The number of carbonyl (C=O) groups is 3. The fourth-order valence-electron chi connectivity index (χ4n) is 0.333. The van der Waals surface area contributed by atoms with E-state index >= 15 is 0 Å². The zero-order valence-corrected chi connectivity index (χ0v) is 5.85. The van der Waals surface area contributed by atoms with E-state index in [-0.39, 0.29) is 0 Å². The third-order valence-corrected chi connectivity index (χ3v) is 0.749. The Kier molecular flexibility index (Phi) is 4.20. The molecule has 0 aromatic carbocycles. The van der Waals surface area contributed by atoms with Crippen molar-refractivity contribution in [2.75, 3.05) is 0 Å². The largest absolute Gasteiger partial charge is 0.547 e. The molecule has 0 bridgehead atoms. The van der Waals surface area contributed by atoms with Crippen molar-refractivity contribution in [1.29, 1.82) is 0 Å². The summed E-state index contributed by atoms with van der Waals surface area (Å²) in [4.78, 5) is 36.9. The van der Waals surface area contributed by atoms with Crippen LogP contribution in [0.5, 0.6) is 0 Å². The number of rotatable bonds is 3. The Labute approximate surface area is 66.4 Å². The molecule has 0 aromatic rings. The fraction of sp³-hybridized carbons (Fsp3) is 0.400. The minimum Gasteiger partial charge on any atom is -0.481 e. The molecule has 0 spiro atoms. The predicted octanol–water partition coefficient (Wildman–Crippen LogP) is 0.00400. The standard InChI is InChI=1S/C5H6O7/c6-3(7)1-2-4(8)11-12-5(9)10/h1-2H2,(H,6,7)(H,9,10). The Balaban J connectivity index is 3.47. The summed E-state index contributed by atoms with van der Waals surface area (Å²) in [5.74, 6) is -2.22. The molecule has 0 aromatic heterocycles. The minimum absolute atomic E-state index is 0.428. The van der Waals surface area contributed by atoms with Gasteiger partial charge in [-0.3, -0.25) is 4.79 Å². The molecule has 0 aliphatic carbocycles. The highest BCUT2D eigenvalue weighted by Crippen LogP contribution is 1.93. The van der Waals surface area contributed by atoms with Crippen molar-refractivity contribution in [2.45, 2.75) is 12.8 Å². The Morgan fingerprint density at radius 2 is 1.58 bits per heavy atom. The molecule has 0 rings (SSSR count). The van der Waals surface area contributed by atoms with Crippen LogP contribution in [0.1, 0.15) is 12.8 Å². The van der Waals surface area contributed by atoms with Gasteiger partial charge in [-0.1, -0.05) is 0 Å². The maximum absolute atomic E-state index is 10.4. The Morgan fingerprint density at radius 3 is 2.00 bits per heavy atom. The smallest absolute Gasteiger partial charge is 0.481 e. The van der Waals surface area contributed by atoms with E-state index in [1.54, 1.807) is 0 Å². The van der Waals surface area contributed by atoms with Crippen molar-refractivity contribution in [1.82, 2.24) is 0 Å². The number of hydrogen-bond donors (Lipinski definition) is 2. The summed E-state index contributed by atoms with van der Waals surface area (Å²) in [5, 5.41) is 15.9. The molecule has 0 radical (unpaired) electrons. The van der Waals surface area contributed by atoms with Crippen molar-refractivity contribution in [3.05, 3.63) is 0 Å². The van der Waals surface area contributed by atoms with Gasteiger partial charge in [0.1, 0.15) is 0 Å². The molecule has 7 heteroatoms. The number of carbonyl (C=O) groups excluding carboxylic acids is 1. The minimum atomic E-state index is -1.77. The second kappa shape index (κ2) is 4.94. The van der Waals surface area contributed by atoms with Gasteiger partial charge in [0.05, 0.1) is 12.8 Å². The van der Waals surface area contributed by atoms with E-state index in [4.69, 9.17) is 10.2 Å². The molecule has 0 saturated heterocycles. The SMILES string of the molecule is O=C(O)CCC(=O)OOC(=O)O. The van der Waals surface area contributed by atoms with Crippen LogP contribution < -0.4 is 0 Å². The van der Waals surface area contributed by atoms with Gasteiger partial charge in [0.2, 0.25) is 0 Å². The molecule has 0 fully saturated rings.